The topological polar surface area (TPSA) is 55.1 Å². The average molecular weight is 231 g/mol. The summed E-state index contributed by atoms with van der Waals surface area (Å²) in [6.45, 7) is 10.1. The van der Waals surface area contributed by atoms with Gasteiger partial charge in [-0.25, -0.2) is 0 Å². The summed E-state index contributed by atoms with van der Waals surface area (Å²) in [5, 5.41) is 2.86. The highest BCUT2D eigenvalue weighted by atomic mass is 35.5. The molecule has 1 atom stereocenters. The van der Waals surface area contributed by atoms with Gasteiger partial charge in [0.25, 0.3) is 0 Å². The molecule has 0 fully saturated rings. The van der Waals surface area contributed by atoms with Crippen LogP contribution in [0.3, 0.4) is 0 Å². The second-order valence-electron chi connectivity index (χ2n) is 3.54. The molecule has 0 saturated heterocycles. The average Bonchev–Trinajstić information content (AvgIpc) is 2.23. The zero-order chi connectivity index (χ0) is 11.9. The molecule has 1 amide bonds. The molecule has 0 aliphatic heterocycles. The molecule has 0 aliphatic rings. The van der Waals surface area contributed by atoms with E-state index in [0.29, 0.717) is 6.54 Å². The summed E-state index contributed by atoms with van der Waals surface area (Å²) in [6.07, 6.45) is 5.56. The van der Waals surface area contributed by atoms with E-state index in [4.69, 9.17) is 17.3 Å². The number of amides is 1. The minimum atomic E-state index is -0.846. The number of carbonyl (C=O) groups excluding carboxylic acids is 1. The van der Waals surface area contributed by atoms with Crippen LogP contribution in [0.5, 0.6) is 0 Å². The molecule has 0 bridgehead atoms. The van der Waals surface area contributed by atoms with Crippen molar-refractivity contribution in [2.75, 3.05) is 6.54 Å². The van der Waals surface area contributed by atoms with Gasteiger partial charge in [-0.1, -0.05) is 37.1 Å². The van der Waals surface area contributed by atoms with Gasteiger partial charge in [-0.3, -0.25) is 10.1 Å². The Balaban J connectivity index is 4.35. The third-order valence-corrected chi connectivity index (χ3v) is 2.76. The number of carbonyl (C=O) groups is 1. The lowest BCUT2D eigenvalue weighted by atomic mass is 9.83. The Bertz CT molecular complexity index is 233. The summed E-state index contributed by atoms with van der Waals surface area (Å²) in [6, 6.07) is 0. The molecular weight excluding hydrogens is 212 g/mol. The van der Waals surface area contributed by atoms with Gasteiger partial charge in [-0.15, -0.1) is 13.2 Å². The van der Waals surface area contributed by atoms with E-state index in [0.717, 1.165) is 12.8 Å². The molecule has 3 nitrogen and oxygen atoms in total. The van der Waals surface area contributed by atoms with Crippen molar-refractivity contribution in [1.29, 1.82) is 0 Å². The van der Waals surface area contributed by atoms with Crippen molar-refractivity contribution in [3.63, 3.8) is 0 Å². The smallest absolute Gasteiger partial charge is 0.250 e. The van der Waals surface area contributed by atoms with Crippen LogP contribution in [0.4, 0.5) is 0 Å². The first-order valence-corrected chi connectivity index (χ1v) is 5.39. The van der Waals surface area contributed by atoms with Crippen LogP contribution >= 0.6 is 11.6 Å². The minimum Gasteiger partial charge on any atom is -0.367 e. The molecule has 0 radical (unpaired) electrons. The maximum atomic E-state index is 10.7. The second-order valence-corrected chi connectivity index (χ2v) is 3.97. The molecule has 0 rings (SSSR count). The van der Waals surface area contributed by atoms with Gasteiger partial charge in [-0.05, 0) is 6.42 Å². The molecule has 15 heavy (non-hydrogen) atoms. The minimum absolute atomic E-state index is 0.225. The third-order valence-electron chi connectivity index (χ3n) is 2.39. The monoisotopic (exact) mass is 230 g/mol. The summed E-state index contributed by atoms with van der Waals surface area (Å²) in [5.41, 5.74) is 3.97. The zero-order valence-electron chi connectivity index (χ0n) is 9.13. The van der Waals surface area contributed by atoms with Crippen LogP contribution in [-0.2, 0) is 4.79 Å². The van der Waals surface area contributed by atoms with Gasteiger partial charge in [-0.2, -0.15) is 0 Å². The fourth-order valence-electron chi connectivity index (χ4n) is 1.37. The van der Waals surface area contributed by atoms with Crippen LogP contribution in [0.1, 0.15) is 19.8 Å². The number of halogens is 1. The van der Waals surface area contributed by atoms with Crippen LogP contribution in [-0.4, -0.2) is 18.0 Å². The highest BCUT2D eigenvalue weighted by Crippen LogP contribution is 2.25. The summed E-state index contributed by atoms with van der Waals surface area (Å²) < 4.78 is 0. The normalized spacial score (nSPS) is 13.2. The van der Waals surface area contributed by atoms with Gasteiger partial charge in [0.1, 0.15) is 0 Å². The molecule has 86 valence electrons. The Labute approximate surface area is 96.4 Å². The number of nitrogens with two attached hydrogens (primary N) is 1. The standard InChI is InChI=1S/C11H19ClN2O/c1-4-7-11(5-2,6-3)8-14-9(12)10(13)15/h5-6,9,14H,2-4,7-8H2,1H3,(H2,13,15). The van der Waals surface area contributed by atoms with Crippen molar-refractivity contribution in [2.45, 2.75) is 25.3 Å². The first kappa shape index (κ1) is 14.2. The molecule has 0 aromatic carbocycles. The first-order chi connectivity index (χ1) is 7.01. The first-order valence-electron chi connectivity index (χ1n) is 4.95. The van der Waals surface area contributed by atoms with Gasteiger partial charge in [0.2, 0.25) is 5.91 Å². The number of primary amides is 1. The fraction of sp³-hybridized carbons (Fsp3) is 0.545. The van der Waals surface area contributed by atoms with Gasteiger partial charge in [0.05, 0.1) is 0 Å². The summed E-state index contributed by atoms with van der Waals surface area (Å²) in [5.74, 6) is -0.574. The van der Waals surface area contributed by atoms with Gasteiger partial charge in [0.15, 0.2) is 5.50 Å². The second kappa shape index (κ2) is 6.64. The highest BCUT2D eigenvalue weighted by molar-refractivity contribution is 6.30. The van der Waals surface area contributed by atoms with Crippen LogP contribution < -0.4 is 11.1 Å². The Morgan fingerprint density at radius 3 is 2.47 bits per heavy atom. The van der Waals surface area contributed by atoms with E-state index in [2.05, 4.69) is 25.4 Å². The van der Waals surface area contributed by atoms with Crippen LogP contribution in [0.25, 0.3) is 0 Å². The summed E-state index contributed by atoms with van der Waals surface area (Å²) in [7, 11) is 0. The van der Waals surface area contributed by atoms with Crippen molar-refractivity contribution in [3.05, 3.63) is 25.3 Å². The van der Waals surface area contributed by atoms with Crippen LogP contribution in [0.15, 0.2) is 25.3 Å². The number of rotatable bonds is 8. The molecule has 3 N–H and O–H groups in total. The van der Waals surface area contributed by atoms with E-state index in [1.807, 2.05) is 12.2 Å². The number of hydrogen-bond acceptors (Lipinski definition) is 2. The molecule has 0 heterocycles. The Kier molecular flexibility index (Phi) is 6.29. The fourth-order valence-corrected chi connectivity index (χ4v) is 1.44. The maximum absolute atomic E-state index is 10.7. The molecule has 0 saturated carbocycles. The Morgan fingerprint density at radius 1 is 1.60 bits per heavy atom. The summed E-state index contributed by atoms with van der Waals surface area (Å²) >= 11 is 5.68. The van der Waals surface area contributed by atoms with Crippen molar-refractivity contribution < 1.29 is 4.79 Å². The Hall–Kier alpha value is -0.800. The molecule has 0 aliphatic carbocycles. The number of hydrogen-bond donors (Lipinski definition) is 2. The van der Waals surface area contributed by atoms with E-state index < -0.39 is 11.4 Å². The van der Waals surface area contributed by atoms with Crippen LogP contribution in [0.2, 0.25) is 0 Å². The van der Waals surface area contributed by atoms with E-state index in [1.54, 1.807) is 0 Å². The van der Waals surface area contributed by atoms with E-state index in [-0.39, 0.29) is 5.41 Å². The van der Waals surface area contributed by atoms with Gasteiger partial charge >= 0.3 is 0 Å². The van der Waals surface area contributed by atoms with Crippen molar-refractivity contribution >= 4 is 17.5 Å². The predicted molar refractivity (Wildman–Crippen MR) is 64.6 cm³/mol. The third kappa shape index (κ3) is 4.49. The van der Waals surface area contributed by atoms with Crippen LogP contribution in [0, 0.1) is 5.41 Å². The Morgan fingerprint density at radius 2 is 2.13 bits per heavy atom. The molecule has 4 heteroatoms. The van der Waals surface area contributed by atoms with E-state index in [9.17, 15) is 4.79 Å². The van der Waals surface area contributed by atoms with E-state index in [1.165, 1.54) is 0 Å². The van der Waals surface area contributed by atoms with Crippen molar-refractivity contribution in [3.8, 4) is 0 Å². The quantitative estimate of drug-likeness (QED) is 0.380. The molecular formula is C11H19ClN2O. The molecule has 0 spiro atoms. The van der Waals surface area contributed by atoms with Gasteiger partial charge < -0.3 is 5.73 Å². The molecule has 0 aromatic rings. The lowest BCUT2D eigenvalue weighted by molar-refractivity contribution is -0.118. The number of nitrogens with one attached hydrogen (secondary N) is 1. The number of alkyl halides is 1. The summed E-state index contributed by atoms with van der Waals surface area (Å²) in [4.78, 5) is 10.7. The molecule has 0 aromatic heterocycles. The molecule has 1 unspecified atom stereocenters. The lowest BCUT2D eigenvalue weighted by Gasteiger charge is -2.27. The zero-order valence-corrected chi connectivity index (χ0v) is 9.89. The van der Waals surface area contributed by atoms with Crippen molar-refractivity contribution in [1.82, 2.24) is 5.32 Å². The van der Waals surface area contributed by atoms with Gasteiger partial charge in [0, 0.05) is 12.0 Å². The highest BCUT2D eigenvalue weighted by Gasteiger charge is 2.23. The SMILES string of the molecule is C=CC(C=C)(CCC)CNC(Cl)C(N)=O. The van der Waals surface area contributed by atoms with Crippen molar-refractivity contribution in [2.24, 2.45) is 11.1 Å². The maximum Gasteiger partial charge on any atom is 0.250 e. The lowest BCUT2D eigenvalue weighted by Crippen LogP contribution is -2.42. The largest absolute Gasteiger partial charge is 0.367 e. The van der Waals surface area contributed by atoms with E-state index >= 15 is 0 Å². The predicted octanol–water partition coefficient (Wildman–Crippen LogP) is 1.78.